The Hall–Kier alpha value is -2.34. The number of para-hydroxylation sites is 1. The lowest BCUT2D eigenvalue weighted by atomic mass is 9.99. The summed E-state index contributed by atoms with van der Waals surface area (Å²) in [7, 11) is 0. The van der Waals surface area contributed by atoms with E-state index in [-0.39, 0.29) is 18.0 Å². The van der Waals surface area contributed by atoms with E-state index in [0.29, 0.717) is 12.6 Å². The Morgan fingerprint density at radius 3 is 2.96 bits per heavy atom. The number of carbonyl (C=O) groups is 1. The molecule has 1 N–H and O–H groups in total. The summed E-state index contributed by atoms with van der Waals surface area (Å²) in [4.78, 5) is 14.8. The van der Waals surface area contributed by atoms with Crippen LogP contribution in [0.25, 0.3) is 0 Å². The summed E-state index contributed by atoms with van der Waals surface area (Å²) in [5.41, 5.74) is 1.07. The third-order valence-electron chi connectivity index (χ3n) is 4.99. The van der Waals surface area contributed by atoms with Gasteiger partial charge in [0.2, 0.25) is 5.91 Å². The molecule has 0 spiro atoms. The highest BCUT2D eigenvalue weighted by molar-refractivity contribution is 5.82. The molecule has 6 nitrogen and oxygen atoms in total. The first-order valence-corrected chi connectivity index (χ1v) is 8.47. The normalized spacial score (nSPS) is 22.1. The van der Waals surface area contributed by atoms with Crippen LogP contribution in [0.5, 0.6) is 5.75 Å². The number of nitrogens with one attached hydrogen (secondary N) is 1. The molecule has 0 bridgehead atoms. The Morgan fingerprint density at radius 2 is 2.17 bits per heavy atom. The van der Waals surface area contributed by atoms with E-state index < -0.39 is 0 Å². The van der Waals surface area contributed by atoms with Gasteiger partial charge in [0.1, 0.15) is 5.75 Å². The van der Waals surface area contributed by atoms with Gasteiger partial charge in [-0.05, 0) is 19.1 Å². The number of amides is 1. The molecule has 1 saturated heterocycles. The quantitative estimate of drug-likeness (QED) is 0.930. The molecule has 0 unspecified atom stereocenters. The van der Waals surface area contributed by atoms with Crippen LogP contribution >= 0.6 is 0 Å². The van der Waals surface area contributed by atoms with Crippen LogP contribution in [0.1, 0.15) is 31.0 Å². The average Bonchev–Trinajstić information content (AvgIpc) is 3.08. The first-order chi connectivity index (χ1) is 11.7. The molecule has 2 aliphatic heterocycles. The molecule has 2 atom stereocenters. The minimum absolute atomic E-state index is 0.0353. The predicted octanol–water partition coefficient (Wildman–Crippen LogP) is 1.77. The van der Waals surface area contributed by atoms with Crippen LogP contribution in [0.3, 0.4) is 0 Å². The monoisotopic (exact) mass is 326 g/mol. The van der Waals surface area contributed by atoms with Crippen LogP contribution in [-0.2, 0) is 4.79 Å². The molecule has 126 valence electrons. The summed E-state index contributed by atoms with van der Waals surface area (Å²) < 4.78 is 7.63. The number of aromatic nitrogens is 2. The van der Waals surface area contributed by atoms with E-state index in [1.165, 1.54) is 0 Å². The SMILES string of the molecule is C[C@H](C(=O)N[C@@H]1CCOc2ccccc21)N1CC(n2cccn2)C1. The van der Waals surface area contributed by atoms with E-state index in [1.807, 2.05) is 48.1 Å². The van der Waals surface area contributed by atoms with Crippen molar-refractivity contribution in [1.29, 1.82) is 0 Å². The fourth-order valence-corrected chi connectivity index (χ4v) is 3.42. The lowest BCUT2D eigenvalue weighted by Gasteiger charge is -2.42. The zero-order valence-electron chi connectivity index (χ0n) is 13.8. The van der Waals surface area contributed by atoms with Crippen molar-refractivity contribution < 1.29 is 9.53 Å². The van der Waals surface area contributed by atoms with Crippen molar-refractivity contribution in [2.24, 2.45) is 0 Å². The maximum absolute atomic E-state index is 12.6. The maximum Gasteiger partial charge on any atom is 0.237 e. The van der Waals surface area contributed by atoms with Crippen LogP contribution < -0.4 is 10.1 Å². The summed E-state index contributed by atoms with van der Waals surface area (Å²) in [6, 6.07) is 10.1. The minimum atomic E-state index is -0.133. The second-order valence-electron chi connectivity index (χ2n) is 6.51. The number of rotatable bonds is 4. The number of hydrogen-bond acceptors (Lipinski definition) is 4. The number of ether oxygens (including phenoxy) is 1. The number of hydrogen-bond donors (Lipinski definition) is 1. The highest BCUT2D eigenvalue weighted by atomic mass is 16.5. The zero-order valence-corrected chi connectivity index (χ0v) is 13.8. The molecule has 4 rings (SSSR count). The Morgan fingerprint density at radius 1 is 1.33 bits per heavy atom. The van der Waals surface area contributed by atoms with Crippen molar-refractivity contribution in [3.63, 3.8) is 0 Å². The van der Waals surface area contributed by atoms with Gasteiger partial charge in [0.25, 0.3) is 0 Å². The van der Waals surface area contributed by atoms with Crippen LogP contribution in [-0.4, -0.2) is 46.3 Å². The van der Waals surface area contributed by atoms with Crippen molar-refractivity contribution in [3.05, 3.63) is 48.3 Å². The van der Waals surface area contributed by atoms with Crippen LogP contribution in [0.2, 0.25) is 0 Å². The van der Waals surface area contributed by atoms with Gasteiger partial charge >= 0.3 is 0 Å². The van der Waals surface area contributed by atoms with Gasteiger partial charge in [0, 0.05) is 37.5 Å². The van der Waals surface area contributed by atoms with Crippen molar-refractivity contribution in [1.82, 2.24) is 20.0 Å². The number of fused-ring (bicyclic) bond motifs is 1. The van der Waals surface area contributed by atoms with E-state index in [9.17, 15) is 4.79 Å². The third kappa shape index (κ3) is 2.78. The summed E-state index contributed by atoms with van der Waals surface area (Å²) in [6.07, 6.45) is 4.58. The Kier molecular flexibility index (Phi) is 3.98. The minimum Gasteiger partial charge on any atom is -0.493 e. The van der Waals surface area contributed by atoms with E-state index in [4.69, 9.17) is 4.74 Å². The van der Waals surface area contributed by atoms with E-state index in [1.54, 1.807) is 6.20 Å². The van der Waals surface area contributed by atoms with Gasteiger partial charge in [-0.2, -0.15) is 5.10 Å². The molecular formula is C18H22N4O2. The van der Waals surface area contributed by atoms with E-state index >= 15 is 0 Å². The van der Waals surface area contributed by atoms with Gasteiger partial charge in [-0.15, -0.1) is 0 Å². The number of nitrogens with zero attached hydrogens (tertiary/aromatic N) is 3. The molecule has 0 aliphatic carbocycles. The Balaban J connectivity index is 1.35. The Labute approximate surface area is 141 Å². The van der Waals surface area contributed by atoms with Crippen molar-refractivity contribution in [3.8, 4) is 5.75 Å². The zero-order chi connectivity index (χ0) is 16.5. The van der Waals surface area contributed by atoms with Gasteiger partial charge in [-0.25, -0.2) is 0 Å². The molecule has 24 heavy (non-hydrogen) atoms. The van der Waals surface area contributed by atoms with Gasteiger partial charge in [-0.3, -0.25) is 14.4 Å². The topological polar surface area (TPSA) is 59.4 Å². The fourth-order valence-electron chi connectivity index (χ4n) is 3.42. The predicted molar refractivity (Wildman–Crippen MR) is 89.7 cm³/mol. The van der Waals surface area contributed by atoms with E-state index in [2.05, 4.69) is 15.3 Å². The van der Waals surface area contributed by atoms with Gasteiger partial charge < -0.3 is 10.1 Å². The largest absolute Gasteiger partial charge is 0.493 e. The number of benzene rings is 1. The summed E-state index contributed by atoms with van der Waals surface area (Å²) >= 11 is 0. The second kappa shape index (κ2) is 6.28. The lowest BCUT2D eigenvalue weighted by molar-refractivity contribution is -0.129. The maximum atomic E-state index is 12.6. The molecule has 6 heteroatoms. The van der Waals surface area contributed by atoms with Crippen LogP contribution in [0.15, 0.2) is 42.7 Å². The summed E-state index contributed by atoms with van der Waals surface area (Å²) in [5.74, 6) is 0.958. The highest BCUT2D eigenvalue weighted by Crippen LogP contribution is 2.32. The van der Waals surface area contributed by atoms with Crippen molar-refractivity contribution in [2.45, 2.75) is 31.5 Å². The lowest BCUT2D eigenvalue weighted by Crippen LogP contribution is -2.56. The van der Waals surface area contributed by atoms with Gasteiger partial charge in [0.15, 0.2) is 0 Å². The first kappa shape index (κ1) is 15.2. The fraction of sp³-hybridized carbons (Fsp3) is 0.444. The smallest absolute Gasteiger partial charge is 0.237 e. The molecule has 3 heterocycles. The summed E-state index contributed by atoms with van der Waals surface area (Å²) in [6.45, 7) is 4.34. The molecule has 0 saturated carbocycles. The molecule has 1 fully saturated rings. The van der Waals surface area contributed by atoms with Crippen LogP contribution in [0.4, 0.5) is 0 Å². The average molecular weight is 326 g/mol. The molecular weight excluding hydrogens is 304 g/mol. The Bertz CT molecular complexity index is 710. The van der Waals surface area contributed by atoms with Crippen molar-refractivity contribution >= 4 is 5.91 Å². The third-order valence-corrected chi connectivity index (χ3v) is 4.99. The molecule has 1 amide bonds. The number of carbonyl (C=O) groups excluding carboxylic acids is 1. The molecule has 2 aromatic rings. The highest BCUT2D eigenvalue weighted by Gasteiger charge is 2.35. The first-order valence-electron chi connectivity index (χ1n) is 8.47. The summed E-state index contributed by atoms with van der Waals surface area (Å²) in [5, 5.41) is 7.46. The second-order valence-corrected chi connectivity index (χ2v) is 6.51. The van der Waals surface area contributed by atoms with Crippen molar-refractivity contribution in [2.75, 3.05) is 19.7 Å². The van der Waals surface area contributed by atoms with Gasteiger partial charge in [-0.1, -0.05) is 18.2 Å². The van der Waals surface area contributed by atoms with Crippen LogP contribution in [0, 0.1) is 0 Å². The molecule has 1 aromatic carbocycles. The standard InChI is InChI=1S/C18H22N4O2/c1-13(21-11-14(12-21)22-9-4-8-19-22)18(23)20-16-7-10-24-17-6-3-2-5-15(16)17/h2-6,8-9,13-14,16H,7,10-12H2,1H3,(H,20,23)/t13-,16-/m1/s1. The molecule has 2 aliphatic rings. The molecule has 0 radical (unpaired) electrons. The molecule has 1 aromatic heterocycles. The van der Waals surface area contributed by atoms with E-state index in [0.717, 1.165) is 30.8 Å². The van der Waals surface area contributed by atoms with Gasteiger partial charge in [0.05, 0.1) is 24.7 Å². The number of likely N-dealkylation sites (tertiary alicyclic amines) is 1.